The topological polar surface area (TPSA) is 40.5 Å². The molecule has 3 heteroatoms. The lowest BCUT2D eigenvalue weighted by Crippen LogP contribution is -2.40. The zero-order chi connectivity index (χ0) is 8.43. The average molecular weight is 157 g/mol. The number of rotatable bonds is 2. The molecule has 0 aromatic heterocycles. The molecule has 0 amide bonds. The molecule has 0 saturated carbocycles. The molecular formula is C8H15NO2. The smallest absolute Gasteiger partial charge is 0.159 e. The van der Waals surface area contributed by atoms with Gasteiger partial charge in [0.25, 0.3) is 0 Å². The monoisotopic (exact) mass is 157 g/mol. The van der Waals surface area contributed by atoms with E-state index < -0.39 is 6.10 Å². The minimum absolute atomic E-state index is 0.0625. The average Bonchev–Trinajstić information content (AvgIpc) is 2.33. The van der Waals surface area contributed by atoms with Crippen molar-refractivity contribution in [1.29, 1.82) is 0 Å². The van der Waals surface area contributed by atoms with E-state index >= 15 is 0 Å². The van der Waals surface area contributed by atoms with Crippen LogP contribution < -0.4 is 0 Å². The van der Waals surface area contributed by atoms with Crippen molar-refractivity contribution in [3.63, 3.8) is 0 Å². The first-order valence-corrected chi connectivity index (χ1v) is 4.01. The van der Waals surface area contributed by atoms with E-state index in [9.17, 15) is 9.90 Å². The molecule has 1 saturated heterocycles. The summed E-state index contributed by atoms with van der Waals surface area (Å²) in [5, 5.41) is 9.41. The minimum Gasteiger partial charge on any atom is -0.384 e. The molecule has 1 heterocycles. The summed E-state index contributed by atoms with van der Waals surface area (Å²) in [7, 11) is 1.95. The van der Waals surface area contributed by atoms with E-state index in [-0.39, 0.29) is 11.8 Å². The molecule has 1 fully saturated rings. The molecule has 2 atom stereocenters. The van der Waals surface area contributed by atoms with Crippen molar-refractivity contribution in [3.8, 4) is 0 Å². The van der Waals surface area contributed by atoms with Gasteiger partial charge in [-0.15, -0.1) is 0 Å². The Hall–Kier alpha value is -0.410. The van der Waals surface area contributed by atoms with Gasteiger partial charge < -0.3 is 10.0 Å². The lowest BCUT2D eigenvalue weighted by atomic mass is 10.1. The zero-order valence-electron chi connectivity index (χ0n) is 7.08. The second-order valence-electron chi connectivity index (χ2n) is 3.25. The molecule has 0 aromatic rings. The normalized spacial score (nSPS) is 28.8. The van der Waals surface area contributed by atoms with Crippen LogP contribution in [0.2, 0.25) is 0 Å². The fourth-order valence-corrected chi connectivity index (χ4v) is 1.61. The molecule has 3 nitrogen and oxygen atoms in total. The SMILES string of the molecule is CC(=O)C(O)C1CCCN1C. The van der Waals surface area contributed by atoms with Crippen molar-refractivity contribution in [1.82, 2.24) is 4.90 Å². The molecule has 0 aliphatic carbocycles. The predicted molar refractivity (Wildman–Crippen MR) is 42.3 cm³/mol. The number of Topliss-reactive ketones (excluding diaryl/α,β-unsaturated/α-hetero) is 1. The van der Waals surface area contributed by atoms with E-state index in [0.717, 1.165) is 19.4 Å². The second kappa shape index (κ2) is 3.32. The summed E-state index contributed by atoms with van der Waals surface area (Å²) in [6.07, 6.45) is 1.26. The Balaban J connectivity index is 2.52. The third-order valence-electron chi connectivity index (χ3n) is 2.36. The summed E-state index contributed by atoms with van der Waals surface area (Å²) < 4.78 is 0. The minimum atomic E-state index is -0.775. The van der Waals surface area contributed by atoms with E-state index in [2.05, 4.69) is 0 Å². The Morgan fingerprint density at radius 2 is 2.36 bits per heavy atom. The zero-order valence-corrected chi connectivity index (χ0v) is 7.08. The number of hydrogen-bond donors (Lipinski definition) is 1. The van der Waals surface area contributed by atoms with Crippen LogP contribution in [0.5, 0.6) is 0 Å². The number of nitrogens with zero attached hydrogens (tertiary/aromatic N) is 1. The maximum absolute atomic E-state index is 10.8. The van der Waals surface area contributed by atoms with Crippen LogP contribution in [0.15, 0.2) is 0 Å². The maximum atomic E-state index is 10.8. The number of ketones is 1. The predicted octanol–water partition coefficient (Wildman–Crippen LogP) is 0.0305. The summed E-state index contributed by atoms with van der Waals surface area (Å²) in [5.74, 6) is -0.122. The molecule has 0 spiro atoms. The Morgan fingerprint density at radius 1 is 1.73 bits per heavy atom. The molecule has 1 aliphatic rings. The standard InChI is InChI=1S/C8H15NO2/c1-6(10)8(11)7-4-3-5-9(7)2/h7-8,11H,3-5H2,1-2H3. The summed E-state index contributed by atoms with van der Waals surface area (Å²) in [6, 6.07) is 0.0625. The first-order chi connectivity index (χ1) is 5.13. The molecular weight excluding hydrogens is 142 g/mol. The van der Waals surface area contributed by atoms with Crippen LogP contribution in [0.1, 0.15) is 19.8 Å². The van der Waals surface area contributed by atoms with E-state index in [1.54, 1.807) is 0 Å². The van der Waals surface area contributed by atoms with Gasteiger partial charge in [0.05, 0.1) is 0 Å². The van der Waals surface area contributed by atoms with E-state index in [4.69, 9.17) is 0 Å². The van der Waals surface area contributed by atoms with Crippen LogP contribution in [0.3, 0.4) is 0 Å². The maximum Gasteiger partial charge on any atom is 0.159 e. The fraction of sp³-hybridized carbons (Fsp3) is 0.875. The van der Waals surface area contributed by atoms with Crippen LogP contribution in [-0.2, 0) is 4.79 Å². The lowest BCUT2D eigenvalue weighted by molar-refractivity contribution is -0.127. The highest BCUT2D eigenvalue weighted by molar-refractivity contribution is 5.80. The third kappa shape index (κ3) is 1.79. The highest BCUT2D eigenvalue weighted by atomic mass is 16.3. The molecule has 2 unspecified atom stereocenters. The molecule has 0 radical (unpaired) electrons. The fourth-order valence-electron chi connectivity index (χ4n) is 1.61. The molecule has 0 aromatic carbocycles. The van der Waals surface area contributed by atoms with Crippen LogP contribution in [0, 0.1) is 0 Å². The molecule has 1 N–H and O–H groups in total. The molecule has 1 rings (SSSR count). The Labute approximate surface area is 67.0 Å². The number of aliphatic hydroxyl groups excluding tert-OH is 1. The van der Waals surface area contributed by atoms with Crippen molar-refractivity contribution >= 4 is 5.78 Å². The van der Waals surface area contributed by atoms with Crippen molar-refractivity contribution in [2.45, 2.75) is 31.9 Å². The van der Waals surface area contributed by atoms with Gasteiger partial charge in [-0.2, -0.15) is 0 Å². The van der Waals surface area contributed by atoms with Gasteiger partial charge in [0, 0.05) is 6.04 Å². The van der Waals surface area contributed by atoms with Gasteiger partial charge >= 0.3 is 0 Å². The Morgan fingerprint density at radius 3 is 2.73 bits per heavy atom. The highest BCUT2D eigenvalue weighted by Gasteiger charge is 2.30. The van der Waals surface area contributed by atoms with Crippen molar-refractivity contribution in [2.24, 2.45) is 0 Å². The summed E-state index contributed by atoms with van der Waals surface area (Å²) in [5.41, 5.74) is 0. The van der Waals surface area contributed by atoms with Gasteiger partial charge in [0.2, 0.25) is 0 Å². The first-order valence-electron chi connectivity index (χ1n) is 4.01. The van der Waals surface area contributed by atoms with Gasteiger partial charge in [-0.1, -0.05) is 0 Å². The summed E-state index contributed by atoms with van der Waals surface area (Å²) >= 11 is 0. The molecule has 64 valence electrons. The Kier molecular flexibility index (Phi) is 2.62. The Bertz CT molecular complexity index is 158. The van der Waals surface area contributed by atoms with Gasteiger partial charge in [-0.05, 0) is 33.4 Å². The first kappa shape index (κ1) is 8.68. The van der Waals surface area contributed by atoms with Gasteiger partial charge in [0.1, 0.15) is 6.10 Å². The third-order valence-corrected chi connectivity index (χ3v) is 2.36. The number of carbonyl (C=O) groups excluding carboxylic acids is 1. The van der Waals surface area contributed by atoms with Crippen molar-refractivity contribution in [3.05, 3.63) is 0 Å². The summed E-state index contributed by atoms with van der Waals surface area (Å²) in [6.45, 7) is 2.44. The molecule has 11 heavy (non-hydrogen) atoms. The van der Waals surface area contributed by atoms with Gasteiger partial charge in [0.15, 0.2) is 5.78 Å². The highest BCUT2D eigenvalue weighted by Crippen LogP contribution is 2.18. The number of aliphatic hydroxyl groups is 1. The van der Waals surface area contributed by atoms with E-state index in [1.807, 2.05) is 11.9 Å². The van der Waals surface area contributed by atoms with Gasteiger partial charge in [-0.3, -0.25) is 4.79 Å². The number of carbonyl (C=O) groups is 1. The quantitative estimate of drug-likeness (QED) is 0.615. The van der Waals surface area contributed by atoms with Crippen molar-refractivity contribution < 1.29 is 9.90 Å². The van der Waals surface area contributed by atoms with Crippen LogP contribution >= 0.6 is 0 Å². The van der Waals surface area contributed by atoms with E-state index in [1.165, 1.54) is 6.92 Å². The largest absolute Gasteiger partial charge is 0.384 e. The lowest BCUT2D eigenvalue weighted by Gasteiger charge is -2.22. The number of likely N-dealkylation sites (N-methyl/N-ethyl adjacent to an activating group) is 1. The molecule has 1 aliphatic heterocycles. The van der Waals surface area contributed by atoms with Crippen LogP contribution in [-0.4, -0.2) is 41.5 Å². The second-order valence-corrected chi connectivity index (χ2v) is 3.25. The van der Waals surface area contributed by atoms with Crippen molar-refractivity contribution in [2.75, 3.05) is 13.6 Å². The van der Waals surface area contributed by atoms with E-state index in [0.29, 0.717) is 0 Å². The number of hydrogen-bond acceptors (Lipinski definition) is 3. The summed E-state index contributed by atoms with van der Waals surface area (Å²) in [4.78, 5) is 12.8. The van der Waals surface area contributed by atoms with Crippen LogP contribution in [0.4, 0.5) is 0 Å². The number of likely N-dealkylation sites (tertiary alicyclic amines) is 1. The van der Waals surface area contributed by atoms with Crippen LogP contribution in [0.25, 0.3) is 0 Å². The molecule has 0 bridgehead atoms. The van der Waals surface area contributed by atoms with Gasteiger partial charge in [-0.25, -0.2) is 0 Å².